The van der Waals surface area contributed by atoms with Crippen molar-refractivity contribution in [1.82, 2.24) is 10.2 Å². The maximum absolute atomic E-state index is 12.4. The lowest BCUT2D eigenvalue weighted by Gasteiger charge is -2.24. The minimum atomic E-state index is 0.00808. The van der Waals surface area contributed by atoms with Crippen molar-refractivity contribution in [3.05, 3.63) is 35.4 Å². The minimum Gasteiger partial charge on any atom is -0.379 e. The number of rotatable bonds is 4. The molecular weight excluding hydrogens is 292 g/mol. The van der Waals surface area contributed by atoms with Crippen LogP contribution in [0.3, 0.4) is 0 Å². The highest BCUT2D eigenvalue weighted by molar-refractivity contribution is 5.74. The molecule has 0 radical (unpaired) electrons. The van der Waals surface area contributed by atoms with Crippen LogP contribution in [-0.2, 0) is 22.3 Å². The van der Waals surface area contributed by atoms with E-state index in [4.69, 9.17) is 9.47 Å². The van der Waals surface area contributed by atoms with Crippen LogP contribution in [0.5, 0.6) is 0 Å². The second kappa shape index (κ2) is 7.79. The number of nitrogens with one attached hydrogen (secondary N) is 1. The Balaban J connectivity index is 1.45. The van der Waals surface area contributed by atoms with Crippen LogP contribution >= 0.6 is 0 Å². The normalized spacial score (nSPS) is 22.3. The van der Waals surface area contributed by atoms with Crippen LogP contribution in [0.15, 0.2) is 24.3 Å². The van der Waals surface area contributed by atoms with Crippen molar-refractivity contribution in [2.24, 2.45) is 0 Å². The van der Waals surface area contributed by atoms with Crippen LogP contribution < -0.4 is 5.32 Å². The molecule has 0 bridgehead atoms. The molecule has 0 aliphatic carbocycles. The largest absolute Gasteiger partial charge is 0.379 e. The van der Waals surface area contributed by atoms with Crippen molar-refractivity contribution in [3.63, 3.8) is 0 Å². The monoisotopic (exact) mass is 318 g/mol. The highest BCUT2D eigenvalue weighted by Gasteiger charge is 2.21. The zero-order valence-electron chi connectivity index (χ0n) is 13.8. The lowest BCUT2D eigenvalue weighted by molar-refractivity contribution is 0.0331. The average Bonchev–Trinajstić information content (AvgIpc) is 2.98. The van der Waals surface area contributed by atoms with Gasteiger partial charge in [0, 0.05) is 19.7 Å². The maximum atomic E-state index is 12.4. The summed E-state index contributed by atoms with van der Waals surface area (Å²) in [4.78, 5) is 14.4. The summed E-state index contributed by atoms with van der Waals surface area (Å²) >= 11 is 0. The number of urea groups is 1. The van der Waals surface area contributed by atoms with Crippen LogP contribution in [0, 0.1) is 0 Å². The molecule has 2 heterocycles. The Morgan fingerprint density at radius 2 is 2.04 bits per heavy atom. The number of nitrogens with zero attached hydrogens (tertiary/aromatic N) is 1. The van der Waals surface area contributed by atoms with Gasteiger partial charge in [-0.25, -0.2) is 4.79 Å². The van der Waals surface area contributed by atoms with E-state index in [-0.39, 0.29) is 18.2 Å². The fourth-order valence-electron chi connectivity index (χ4n) is 3.14. The van der Waals surface area contributed by atoms with Crippen molar-refractivity contribution in [2.75, 3.05) is 32.9 Å². The molecule has 0 spiro atoms. The van der Waals surface area contributed by atoms with Crippen molar-refractivity contribution in [2.45, 2.75) is 38.3 Å². The van der Waals surface area contributed by atoms with Crippen LogP contribution in [0.1, 0.15) is 24.5 Å². The Morgan fingerprint density at radius 1 is 1.35 bits per heavy atom. The van der Waals surface area contributed by atoms with Crippen LogP contribution in [0.4, 0.5) is 4.79 Å². The van der Waals surface area contributed by atoms with Gasteiger partial charge in [-0.1, -0.05) is 24.3 Å². The fraction of sp³-hybridized carbons (Fsp3) is 0.611. The third-order valence-corrected chi connectivity index (χ3v) is 4.55. The van der Waals surface area contributed by atoms with Gasteiger partial charge < -0.3 is 19.7 Å². The standard InChI is InChI=1S/C18H26N2O3/c1-14(12-23-17-8-11-22-13-17)19-18(21)20-9-6-15-4-2-3-5-16(15)7-10-20/h2-5,14,17H,6-13H2,1H3,(H,19,21)/t14-,17-/m1/s1. The Labute approximate surface area is 137 Å². The zero-order chi connectivity index (χ0) is 16.1. The maximum Gasteiger partial charge on any atom is 0.317 e. The summed E-state index contributed by atoms with van der Waals surface area (Å²) < 4.78 is 11.1. The smallest absolute Gasteiger partial charge is 0.317 e. The van der Waals surface area contributed by atoms with E-state index in [1.807, 2.05) is 11.8 Å². The van der Waals surface area contributed by atoms with Gasteiger partial charge in [0.2, 0.25) is 0 Å². The first kappa shape index (κ1) is 16.3. The summed E-state index contributed by atoms with van der Waals surface area (Å²) in [6.45, 7) is 5.51. The van der Waals surface area contributed by atoms with E-state index in [2.05, 4.69) is 29.6 Å². The first-order valence-corrected chi connectivity index (χ1v) is 8.54. The highest BCUT2D eigenvalue weighted by Crippen LogP contribution is 2.15. The van der Waals surface area contributed by atoms with E-state index < -0.39 is 0 Å². The molecule has 1 saturated heterocycles. The van der Waals surface area contributed by atoms with Crippen molar-refractivity contribution in [3.8, 4) is 0 Å². The van der Waals surface area contributed by atoms with E-state index in [0.717, 1.165) is 39.0 Å². The Morgan fingerprint density at radius 3 is 2.65 bits per heavy atom. The topological polar surface area (TPSA) is 50.8 Å². The molecule has 0 unspecified atom stereocenters. The van der Waals surface area contributed by atoms with E-state index in [9.17, 15) is 4.79 Å². The number of amides is 2. The number of hydrogen-bond donors (Lipinski definition) is 1. The Bertz CT molecular complexity index is 502. The number of carbonyl (C=O) groups is 1. The Hall–Kier alpha value is -1.59. The highest BCUT2D eigenvalue weighted by atomic mass is 16.5. The molecule has 0 aromatic heterocycles. The van der Waals surface area contributed by atoms with E-state index >= 15 is 0 Å². The summed E-state index contributed by atoms with van der Waals surface area (Å²) in [5.74, 6) is 0. The third kappa shape index (κ3) is 4.45. The van der Waals surface area contributed by atoms with Gasteiger partial charge in [-0.3, -0.25) is 0 Å². The van der Waals surface area contributed by atoms with Crippen LogP contribution in [0.2, 0.25) is 0 Å². The quantitative estimate of drug-likeness (QED) is 0.924. The minimum absolute atomic E-state index is 0.00808. The fourth-order valence-corrected chi connectivity index (χ4v) is 3.14. The van der Waals surface area contributed by atoms with Crippen molar-refractivity contribution in [1.29, 1.82) is 0 Å². The summed E-state index contributed by atoms with van der Waals surface area (Å²) in [5.41, 5.74) is 2.72. The summed E-state index contributed by atoms with van der Waals surface area (Å²) in [5, 5.41) is 3.05. The molecule has 2 aliphatic rings. The van der Waals surface area contributed by atoms with E-state index in [1.165, 1.54) is 11.1 Å². The first-order chi connectivity index (χ1) is 11.2. The van der Waals surface area contributed by atoms with Gasteiger partial charge in [-0.15, -0.1) is 0 Å². The van der Waals surface area contributed by atoms with Gasteiger partial charge in [-0.2, -0.15) is 0 Å². The first-order valence-electron chi connectivity index (χ1n) is 8.54. The van der Waals surface area contributed by atoms with Gasteiger partial charge >= 0.3 is 6.03 Å². The molecule has 2 atom stereocenters. The molecule has 2 aliphatic heterocycles. The molecule has 2 amide bonds. The predicted octanol–water partition coefficient (Wildman–Crippen LogP) is 1.99. The van der Waals surface area contributed by atoms with E-state index in [0.29, 0.717) is 13.2 Å². The van der Waals surface area contributed by atoms with Crippen molar-refractivity contribution >= 4 is 6.03 Å². The molecule has 1 fully saturated rings. The zero-order valence-corrected chi connectivity index (χ0v) is 13.8. The summed E-state index contributed by atoms with van der Waals surface area (Å²) in [6, 6.07) is 8.49. The third-order valence-electron chi connectivity index (χ3n) is 4.55. The van der Waals surface area contributed by atoms with E-state index in [1.54, 1.807) is 0 Å². The molecule has 1 aromatic rings. The molecule has 23 heavy (non-hydrogen) atoms. The molecule has 5 nitrogen and oxygen atoms in total. The Kier molecular flexibility index (Phi) is 5.51. The summed E-state index contributed by atoms with van der Waals surface area (Å²) in [7, 11) is 0. The second-order valence-corrected chi connectivity index (χ2v) is 6.43. The van der Waals surface area contributed by atoms with Crippen molar-refractivity contribution < 1.29 is 14.3 Å². The molecule has 1 aromatic carbocycles. The molecule has 0 saturated carbocycles. The van der Waals surface area contributed by atoms with Gasteiger partial charge in [0.15, 0.2) is 0 Å². The average molecular weight is 318 g/mol. The summed E-state index contributed by atoms with van der Waals surface area (Å²) in [6.07, 6.45) is 2.98. The molecule has 126 valence electrons. The molecular formula is C18H26N2O3. The molecule has 1 N–H and O–H groups in total. The molecule has 3 rings (SSSR count). The molecule has 5 heteroatoms. The SMILES string of the molecule is C[C@H](CO[C@@H]1CCOC1)NC(=O)N1CCc2ccccc2CC1. The second-order valence-electron chi connectivity index (χ2n) is 6.43. The van der Waals surface area contributed by atoms with Gasteiger partial charge in [0.05, 0.1) is 25.4 Å². The lowest BCUT2D eigenvalue weighted by Crippen LogP contribution is -2.46. The number of hydrogen-bond acceptors (Lipinski definition) is 3. The van der Waals surface area contributed by atoms with Gasteiger partial charge in [-0.05, 0) is 37.3 Å². The van der Waals surface area contributed by atoms with Crippen LogP contribution in [0.25, 0.3) is 0 Å². The van der Waals surface area contributed by atoms with Crippen LogP contribution in [-0.4, -0.2) is 56.0 Å². The number of benzene rings is 1. The lowest BCUT2D eigenvalue weighted by atomic mass is 10.0. The number of ether oxygens (including phenoxy) is 2. The van der Waals surface area contributed by atoms with Gasteiger partial charge in [0.25, 0.3) is 0 Å². The van der Waals surface area contributed by atoms with Gasteiger partial charge in [0.1, 0.15) is 0 Å². The predicted molar refractivity (Wildman–Crippen MR) is 88.6 cm³/mol. The number of fused-ring (bicyclic) bond motifs is 1. The number of carbonyl (C=O) groups excluding carboxylic acids is 1.